The molecule has 1 aromatic heterocycles. The molecule has 0 amide bonds. The Hall–Kier alpha value is -2.53. The molecule has 0 spiro atoms. The Morgan fingerprint density at radius 2 is 1.81 bits per heavy atom. The zero-order valence-corrected chi connectivity index (χ0v) is 19.3. The van der Waals surface area contributed by atoms with E-state index < -0.39 is 23.9 Å². The minimum Gasteiger partial charge on any atom is -0.482 e. The third-order valence-electron chi connectivity index (χ3n) is 5.60. The first-order chi connectivity index (χ1) is 14.3. The van der Waals surface area contributed by atoms with Gasteiger partial charge in [0.05, 0.1) is 11.2 Å². The zero-order chi connectivity index (χ0) is 23.0. The smallest absolute Gasteiger partial charge is 0.482 e. The molecule has 7 heteroatoms. The topological polar surface area (TPSA) is 86.8 Å². The lowest BCUT2D eigenvalue weighted by Crippen LogP contribution is -2.41. The summed E-state index contributed by atoms with van der Waals surface area (Å²) in [6, 6.07) is 9.52. The fourth-order valence-corrected chi connectivity index (χ4v) is 3.03. The van der Waals surface area contributed by atoms with E-state index in [2.05, 4.69) is 16.8 Å². The lowest BCUT2D eigenvalue weighted by atomic mass is 9.80. The molecular weight excluding hydrogens is 391 g/mol. The van der Waals surface area contributed by atoms with Crippen LogP contribution in [0.15, 0.2) is 36.5 Å². The van der Waals surface area contributed by atoms with E-state index in [1.54, 1.807) is 20.0 Å². The molecule has 1 aromatic carbocycles. The van der Waals surface area contributed by atoms with E-state index in [0.717, 1.165) is 16.6 Å². The summed E-state index contributed by atoms with van der Waals surface area (Å²) in [5.41, 5.74) is 6.62. The second kappa shape index (κ2) is 8.20. The third kappa shape index (κ3) is 5.40. The molecule has 2 heterocycles. The highest BCUT2D eigenvalue weighted by Crippen LogP contribution is 2.37. The van der Waals surface area contributed by atoms with Crippen LogP contribution < -0.4 is 15.9 Å². The number of hydrogen-bond acceptors (Lipinski definition) is 6. The van der Waals surface area contributed by atoms with Gasteiger partial charge in [0.1, 0.15) is 11.7 Å². The van der Waals surface area contributed by atoms with E-state index in [-0.39, 0.29) is 6.10 Å². The van der Waals surface area contributed by atoms with Crippen molar-refractivity contribution >= 4 is 18.4 Å². The summed E-state index contributed by atoms with van der Waals surface area (Å²) >= 11 is 0. The highest BCUT2D eigenvalue weighted by molar-refractivity contribution is 6.62. The fraction of sp³-hybridized carbons (Fsp3) is 0.458. The Bertz CT molecular complexity index is 1000. The molecule has 3 rings (SSSR count). The monoisotopic (exact) mass is 422 g/mol. The summed E-state index contributed by atoms with van der Waals surface area (Å²) in [5, 5.41) is 9.82. The number of ether oxygens (including phenoxy) is 1. The summed E-state index contributed by atoms with van der Waals surface area (Å²) in [5.74, 6) is 6.57. The SMILES string of the molecule is C[C@@H](Oc1cc(B2OC(C)(C)C(C)(C)O2)cnc1N)c1cccc(C#CC(C)(C)O)c1. The molecule has 6 nitrogen and oxygen atoms in total. The van der Waals surface area contributed by atoms with Gasteiger partial charge in [-0.3, -0.25) is 0 Å². The number of pyridine rings is 1. The van der Waals surface area contributed by atoms with Crippen LogP contribution in [-0.2, 0) is 9.31 Å². The van der Waals surface area contributed by atoms with E-state index in [0.29, 0.717) is 11.6 Å². The molecule has 1 aliphatic heterocycles. The number of benzene rings is 1. The van der Waals surface area contributed by atoms with Crippen molar-refractivity contribution in [3.63, 3.8) is 0 Å². The van der Waals surface area contributed by atoms with Crippen LogP contribution in [0.4, 0.5) is 5.82 Å². The van der Waals surface area contributed by atoms with Gasteiger partial charge in [-0.1, -0.05) is 24.0 Å². The van der Waals surface area contributed by atoms with Crippen LogP contribution in [0, 0.1) is 11.8 Å². The Balaban J connectivity index is 1.80. The molecule has 164 valence electrons. The van der Waals surface area contributed by atoms with Gasteiger partial charge in [0, 0.05) is 17.2 Å². The molecule has 1 fully saturated rings. The van der Waals surface area contributed by atoms with Gasteiger partial charge in [0.2, 0.25) is 0 Å². The van der Waals surface area contributed by atoms with Crippen LogP contribution >= 0.6 is 0 Å². The van der Waals surface area contributed by atoms with E-state index in [9.17, 15) is 5.11 Å². The van der Waals surface area contributed by atoms with Gasteiger partial charge in [-0.2, -0.15) is 0 Å². The maximum Gasteiger partial charge on any atom is 0.496 e. The molecule has 2 aromatic rings. The van der Waals surface area contributed by atoms with E-state index in [4.69, 9.17) is 19.8 Å². The fourth-order valence-electron chi connectivity index (χ4n) is 3.03. The molecule has 0 bridgehead atoms. The Morgan fingerprint density at radius 1 is 1.16 bits per heavy atom. The quantitative estimate of drug-likeness (QED) is 0.581. The summed E-state index contributed by atoms with van der Waals surface area (Å²) < 4.78 is 18.4. The van der Waals surface area contributed by atoms with Gasteiger partial charge >= 0.3 is 7.12 Å². The first kappa shape index (κ1) is 23.1. The Morgan fingerprint density at radius 3 is 2.42 bits per heavy atom. The molecule has 3 N–H and O–H groups in total. The number of nitrogens with zero attached hydrogens (tertiary/aromatic N) is 1. The number of nitrogens with two attached hydrogens (primary N) is 1. The predicted octanol–water partition coefficient (Wildman–Crippen LogP) is 3.23. The van der Waals surface area contributed by atoms with Crippen LogP contribution in [0.3, 0.4) is 0 Å². The van der Waals surface area contributed by atoms with Crippen LogP contribution in [0.1, 0.15) is 65.7 Å². The Labute approximate surface area is 185 Å². The summed E-state index contributed by atoms with van der Waals surface area (Å²) in [7, 11) is -0.545. The van der Waals surface area contributed by atoms with Crippen molar-refractivity contribution in [3.8, 4) is 17.6 Å². The summed E-state index contributed by atoms with van der Waals surface area (Å²) in [6.07, 6.45) is 1.36. The number of aromatic nitrogens is 1. The molecule has 31 heavy (non-hydrogen) atoms. The van der Waals surface area contributed by atoms with Gasteiger partial charge in [-0.05, 0) is 72.2 Å². The number of aliphatic hydroxyl groups is 1. The molecule has 1 atom stereocenters. The van der Waals surface area contributed by atoms with Crippen LogP contribution in [0.2, 0.25) is 0 Å². The summed E-state index contributed by atoms with van der Waals surface area (Å²) in [6.45, 7) is 13.3. The van der Waals surface area contributed by atoms with Crippen LogP contribution in [0.25, 0.3) is 0 Å². The number of hydrogen-bond donors (Lipinski definition) is 2. The van der Waals surface area contributed by atoms with Crippen molar-refractivity contribution in [1.82, 2.24) is 4.98 Å². The third-order valence-corrected chi connectivity index (χ3v) is 5.60. The molecule has 0 aliphatic carbocycles. The van der Waals surface area contributed by atoms with Crippen molar-refractivity contribution in [1.29, 1.82) is 0 Å². The van der Waals surface area contributed by atoms with Gasteiger partial charge < -0.3 is 24.9 Å². The van der Waals surface area contributed by atoms with E-state index >= 15 is 0 Å². The maximum absolute atomic E-state index is 9.82. The molecule has 1 saturated heterocycles. The number of anilines is 1. The normalized spacial score (nSPS) is 18.3. The van der Waals surface area contributed by atoms with Crippen LogP contribution in [0.5, 0.6) is 5.75 Å². The van der Waals surface area contributed by atoms with E-state index in [1.807, 2.05) is 65.0 Å². The lowest BCUT2D eigenvalue weighted by molar-refractivity contribution is 0.00578. The number of rotatable bonds is 4. The minimum absolute atomic E-state index is 0.290. The standard InChI is InChI=1S/C24H31BN2O4/c1-16(18-10-8-9-17(13-18)11-12-22(2,3)28)29-20-14-19(15-27-21(20)26)25-30-23(4,5)24(6,7)31-25/h8-10,13-16,28H,1-7H3,(H2,26,27)/t16-/m1/s1. The molecule has 0 unspecified atom stereocenters. The average Bonchev–Trinajstić information content (AvgIpc) is 2.89. The van der Waals surface area contributed by atoms with Gasteiger partial charge in [0.15, 0.2) is 11.6 Å². The van der Waals surface area contributed by atoms with Crippen molar-refractivity contribution in [2.24, 2.45) is 0 Å². The zero-order valence-electron chi connectivity index (χ0n) is 19.3. The number of nitrogen functional groups attached to an aromatic ring is 1. The largest absolute Gasteiger partial charge is 0.496 e. The molecule has 0 saturated carbocycles. The second-order valence-electron chi connectivity index (χ2n) is 9.43. The minimum atomic E-state index is -1.05. The predicted molar refractivity (Wildman–Crippen MR) is 123 cm³/mol. The van der Waals surface area contributed by atoms with Crippen molar-refractivity contribution in [2.45, 2.75) is 71.4 Å². The van der Waals surface area contributed by atoms with Crippen molar-refractivity contribution in [3.05, 3.63) is 47.7 Å². The van der Waals surface area contributed by atoms with E-state index in [1.165, 1.54) is 0 Å². The van der Waals surface area contributed by atoms with Gasteiger partial charge in [0.25, 0.3) is 0 Å². The highest BCUT2D eigenvalue weighted by atomic mass is 16.7. The van der Waals surface area contributed by atoms with Crippen molar-refractivity contribution in [2.75, 3.05) is 5.73 Å². The first-order valence-corrected chi connectivity index (χ1v) is 10.4. The average molecular weight is 422 g/mol. The molecular formula is C24H31BN2O4. The lowest BCUT2D eigenvalue weighted by Gasteiger charge is -2.32. The van der Waals surface area contributed by atoms with Crippen molar-refractivity contribution < 1.29 is 19.2 Å². The van der Waals surface area contributed by atoms with Gasteiger partial charge in [-0.25, -0.2) is 4.98 Å². The summed E-state index contributed by atoms with van der Waals surface area (Å²) in [4.78, 5) is 4.28. The second-order valence-corrected chi connectivity index (χ2v) is 9.43. The molecule has 0 radical (unpaired) electrons. The Kier molecular flexibility index (Phi) is 6.12. The highest BCUT2D eigenvalue weighted by Gasteiger charge is 2.52. The van der Waals surface area contributed by atoms with Gasteiger partial charge in [-0.15, -0.1) is 0 Å². The first-order valence-electron chi connectivity index (χ1n) is 10.4. The maximum atomic E-state index is 9.82. The van der Waals surface area contributed by atoms with Crippen LogP contribution in [-0.4, -0.2) is 34.0 Å². The molecule has 1 aliphatic rings.